The topological polar surface area (TPSA) is 57.5 Å². The Morgan fingerprint density at radius 1 is 1.22 bits per heavy atom. The van der Waals surface area contributed by atoms with Gasteiger partial charge in [0.05, 0.1) is 18.6 Å². The van der Waals surface area contributed by atoms with Gasteiger partial charge in [0.2, 0.25) is 0 Å². The molecule has 4 heteroatoms. The summed E-state index contributed by atoms with van der Waals surface area (Å²) in [6.45, 7) is 2.80. The zero-order valence-corrected chi connectivity index (χ0v) is 10.2. The molecule has 0 unspecified atom stereocenters. The average Bonchev–Trinajstić information content (AvgIpc) is 2.87. The zero-order chi connectivity index (χ0) is 12.5. The molecule has 1 aliphatic rings. The highest BCUT2D eigenvalue weighted by molar-refractivity contribution is 5.85. The fourth-order valence-electron chi connectivity index (χ4n) is 2.73. The van der Waals surface area contributed by atoms with E-state index in [1.165, 1.54) is 17.7 Å². The molecule has 2 heterocycles. The molecule has 1 aromatic carbocycles. The van der Waals surface area contributed by atoms with Crippen LogP contribution in [0.1, 0.15) is 18.4 Å². The van der Waals surface area contributed by atoms with Crippen LogP contribution < -0.4 is 10.5 Å². The van der Waals surface area contributed by atoms with Crippen LogP contribution in [0.3, 0.4) is 0 Å². The number of hydrogen-bond donors (Lipinski definition) is 3. The van der Waals surface area contributed by atoms with Crippen LogP contribution in [-0.2, 0) is 6.54 Å². The fraction of sp³-hybridized carbons (Fsp3) is 0.357. The van der Waals surface area contributed by atoms with E-state index in [2.05, 4.69) is 4.98 Å². The zero-order valence-electron chi connectivity index (χ0n) is 10.2. The lowest BCUT2D eigenvalue weighted by atomic mass is 10.1. The number of likely N-dealkylation sites (tertiary alicyclic amines) is 1. The first-order valence-electron chi connectivity index (χ1n) is 6.42. The van der Waals surface area contributed by atoms with Gasteiger partial charge in [0, 0.05) is 18.2 Å². The summed E-state index contributed by atoms with van der Waals surface area (Å²) in [4.78, 5) is 16.2. The van der Waals surface area contributed by atoms with E-state index in [9.17, 15) is 9.90 Å². The van der Waals surface area contributed by atoms with E-state index >= 15 is 0 Å². The number of hydrogen-bond acceptors (Lipinski definition) is 2. The maximum Gasteiger partial charge on any atom is 0.261 e. The van der Waals surface area contributed by atoms with Crippen LogP contribution in [0.4, 0.5) is 0 Å². The lowest BCUT2D eigenvalue weighted by molar-refractivity contribution is -0.901. The summed E-state index contributed by atoms with van der Waals surface area (Å²) < 4.78 is 0. The predicted molar refractivity (Wildman–Crippen MR) is 69.9 cm³/mol. The summed E-state index contributed by atoms with van der Waals surface area (Å²) in [6.07, 6.45) is 2.42. The second-order valence-corrected chi connectivity index (χ2v) is 4.96. The van der Waals surface area contributed by atoms with Gasteiger partial charge in [-0.15, -0.1) is 0 Å². The van der Waals surface area contributed by atoms with E-state index in [0.717, 1.165) is 18.5 Å². The van der Waals surface area contributed by atoms with Gasteiger partial charge >= 0.3 is 0 Å². The highest BCUT2D eigenvalue weighted by Crippen LogP contribution is 2.23. The van der Waals surface area contributed by atoms with Crippen LogP contribution in [0, 0.1) is 0 Å². The number of benzene rings is 1. The van der Waals surface area contributed by atoms with E-state index in [1.807, 2.05) is 24.3 Å². The first-order chi connectivity index (χ1) is 8.75. The highest BCUT2D eigenvalue weighted by Gasteiger charge is 2.20. The van der Waals surface area contributed by atoms with Crippen molar-refractivity contribution in [3.8, 4) is 5.75 Å². The number of H-pyrrole nitrogens is 1. The van der Waals surface area contributed by atoms with E-state index in [-0.39, 0.29) is 11.3 Å². The number of aromatic hydroxyl groups is 1. The van der Waals surface area contributed by atoms with Crippen molar-refractivity contribution in [1.29, 1.82) is 0 Å². The third-order valence-corrected chi connectivity index (χ3v) is 3.73. The van der Waals surface area contributed by atoms with Gasteiger partial charge < -0.3 is 15.0 Å². The summed E-state index contributed by atoms with van der Waals surface area (Å²) in [6, 6.07) is 7.36. The Bertz CT molecular complexity index is 627. The number of quaternary nitrogens is 1. The Hall–Kier alpha value is -1.81. The highest BCUT2D eigenvalue weighted by atomic mass is 16.3. The van der Waals surface area contributed by atoms with E-state index in [4.69, 9.17) is 0 Å². The number of pyridine rings is 1. The molecule has 0 atom stereocenters. The molecular formula is C14H17N2O2+. The van der Waals surface area contributed by atoms with Gasteiger partial charge in [0.1, 0.15) is 17.9 Å². The third kappa shape index (κ3) is 1.88. The predicted octanol–water partition coefficient (Wildman–Crippen LogP) is 0.412. The summed E-state index contributed by atoms with van der Waals surface area (Å²) in [5.41, 5.74) is 1.05. The van der Waals surface area contributed by atoms with Gasteiger partial charge in [-0.25, -0.2) is 0 Å². The van der Waals surface area contributed by atoms with Crippen LogP contribution in [0.15, 0.2) is 29.1 Å². The molecule has 0 saturated carbocycles. The maximum atomic E-state index is 12.0. The van der Waals surface area contributed by atoms with E-state index < -0.39 is 0 Å². The summed E-state index contributed by atoms with van der Waals surface area (Å²) in [5, 5.41) is 11.0. The second kappa shape index (κ2) is 4.46. The van der Waals surface area contributed by atoms with Crippen LogP contribution in [0.5, 0.6) is 5.75 Å². The minimum absolute atomic E-state index is 0.147. The van der Waals surface area contributed by atoms with Crippen molar-refractivity contribution in [2.24, 2.45) is 0 Å². The van der Waals surface area contributed by atoms with Crippen molar-refractivity contribution in [2.75, 3.05) is 13.1 Å². The van der Waals surface area contributed by atoms with Crippen molar-refractivity contribution < 1.29 is 10.0 Å². The quantitative estimate of drug-likeness (QED) is 0.718. The minimum Gasteiger partial charge on any atom is -0.507 e. The van der Waals surface area contributed by atoms with Gasteiger partial charge in [-0.2, -0.15) is 0 Å². The largest absolute Gasteiger partial charge is 0.507 e. The SMILES string of the molecule is O=c1[nH]c2ccccc2c(O)c1C[NH+]1CCCC1. The Morgan fingerprint density at radius 2 is 1.94 bits per heavy atom. The second-order valence-electron chi connectivity index (χ2n) is 4.96. The van der Waals surface area contributed by atoms with Crippen molar-refractivity contribution in [2.45, 2.75) is 19.4 Å². The molecule has 4 nitrogen and oxygen atoms in total. The number of para-hydroxylation sites is 1. The van der Waals surface area contributed by atoms with Crippen molar-refractivity contribution in [3.63, 3.8) is 0 Å². The van der Waals surface area contributed by atoms with E-state index in [0.29, 0.717) is 17.6 Å². The molecule has 0 radical (unpaired) electrons. The summed E-state index contributed by atoms with van der Waals surface area (Å²) in [7, 11) is 0. The van der Waals surface area contributed by atoms with Crippen LogP contribution in [-0.4, -0.2) is 23.2 Å². The summed E-state index contributed by atoms with van der Waals surface area (Å²) >= 11 is 0. The first-order valence-corrected chi connectivity index (χ1v) is 6.42. The molecule has 1 aliphatic heterocycles. The molecule has 0 aliphatic carbocycles. The molecule has 3 N–H and O–H groups in total. The molecule has 1 fully saturated rings. The van der Waals surface area contributed by atoms with Crippen molar-refractivity contribution in [1.82, 2.24) is 4.98 Å². The van der Waals surface area contributed by atoms with Gasteiger partial charge in [-0.05, 0) is 12.1 Å². The molecule has 0 spiro atoms. The molecule has 3 rings (SSSR count). The Balaban J connectivity index is 2.07. The van der Waals surface area contributed by atoms with Crippen LogP contribution in [0.25, 0.3) is 10.9 Å². The molecular weight excluding hydrogens is 228 g/mol. The third-order valence-electron chi connectivity index (χ3n) is 3.73. The lowest BCUT2D eigenvalue weighted by Crippen LogP contribution is -3.08. The Morgan fingerprint density at radius 3 is 2.72 bits per heavy atom. The number of nitrogens with one attached hydrogen (secondary N) is 2. The number of rotatable bonds is 2. The smallest absolute Gasteiger partial charge is 0.261 e. The van der Waals surface area contributed by atoms with Crippen LogP contribution in [0.2, 0.25) is 0 Å². The van der Waals surface area contributed by atoms with Gasteiger partial charge in [0.15, 0.2) is 0 Å². The van der Waals surface area contributed by atoms with E-state index in [1.54, 1.807) is 0 Å². The maximum absolute atomic E-state index is 12.0. The molecule has 2 aromatic rings. The van der Waals surface area contributed by atoms with Crippen LogP contribution >= 0.6 is 0 Å². The number of fused-ring (bicyclic) bond motifs is 1. The Labute approximate surface area is 105 Å². The van der Waals surface area contributed by atoms with Gasteiger partial charge in [-0.3, -0.25) is 4.79 Å². The standard InChI is InChI=1S/C14H16N2O2/c17-13-10-5-1-2-6-12(10)15-14(18)11(13)9-16-7-3-4-8-16/h1-2,5-6H,3-4,7-9H2,(H2,15,17,18)/p+1. The molecule has 1 aromatic heterocycles. The summed E-state index contributed by atoms with van der Waals surface area (Å²) in [5.74, 6) is 0.147. The molecule has 0 amide bonds. The van der Waals surface area contributed by atoms with Gasteiger partial charge in [0.25, 0.3) is 5.56 Å². The van der Waals surface area contributed by atoms with Crippen molar-refractivity contribution in [3.05, 3.63) is 40.2 Å². The molecule has 0 bridgehead atoms. The Kier molecular flexibility index (Phi) is 2.80. The normalized spacial score (nSPS) is 16.4. The fourth-order valence-corrected chi connectivity index (χ4v) is 2.73. The monoisotopic (exact) mass is 245 g/mol. The molecule has 1 saturated heterocycles. The lowest BCUT2D eigenvalue weighted by Gasteiger charge is -2.13. The average molecular weight is 245 g/mol. The number of aromatic amines is 1. The molecule has 94 valence electrons. The minimum atomic E-state index is -0.161. The number of aromatic nitrogens is 1. The molecule has 18 heavy (non-hydrogen) atoms. The first kappa shape index (κ1) is 11.3. The van der Waals surface area contributed by atoms with Crippen molar-refractivity contribution >= 4 is 10.9 Å². The van der Waals surface area contributed by atoms with Gasteiger partial charge in [-0.1, -0.05) is 12.1 Å².